The Hall–Kier alpha value is -1.09. The largest absolute Gasteiger partial charge is 0.372 e. The lowest BCUT2D eigenvalue weighted by molar-refractivity contribution is 0.154. The molecule has 2 N–H and O–H groups in total. The highest BCUT2D eigenvalue weighted by atomic mass is 19.1. The highest BCUT2D eigenvalue weighted by Gasteiger charge is 2.36. The lowest BCUT2D eigenvalue weighted by Crippen LogP contribution is -2.46. The Labute approximate surface area is 96.2 Å². The first-order valence-electron chi connectivity index (χ1n) is 5.83. The molecule has 0 aromatic heterocycles. The van der Waals surface area contributed by atoms with Crippen LogP contribution in [0, 0.1) is 11.2 Å². The van der Waals surface area contributed by atoms with E-state index in [1.807, 2.05) is 24.1 Å². The first kappa shape index (κ1) is 11.4. The van der Waals surface area contributed by atoms with Crippen LogP contribution < -0.4 is 10.6 Å². The van der Waals surface area contributed by atoms with E-state index in [1.165, 1.54) is 25.3 Å². The fourth-order valence-electron chi connectivity index (χ4n) is 2.45. The standard InChI is InChI=1S/C13H19FN2/c1-16(10-13(9-15)7-4-8-13)12-6-3-2-5-11(12)14/h2-3,5-6H,4,7-10,15H2,1H3. The molecular formula is C13H19FN2. The summed E-state index contributed by atoms with van der Waals surface area (Å²) in [5.74, 6) is -0.156. The number of halogens is 1. The summed E-state index contributed by atoms with van der Waals surface area (Å²) in [6, 6.07) is 6.90. The molecule has 1 saturated carbocycles. The fourth-order valence-corrected chi connectivity index (χ4v) is 2.45. The van der Waals surface area contributed by atoms with Gasteiger partial charge in [-0.15, -0.1) is 0 Å². The first-order chi connectivity index (χ1) is 7.67. The van der Waals surface area contributed by atoms with Crippen molar-refractivity contribution in [1.29, 1.82) is 0 Å². The van der Waals surface area contributed by atoms with E-state index in [9.17, 15) is 4.39 Å². The van der Waals surface area contributed by atoms with Crippen LogP contribution in [0.2, 0.25) is 0 Å². The van der Waals surface area contributed by atoms with Gasteiger partial charge < -0.3 is 10.6 Å². The zero-order chi connectivity index (χ0) is 11.6. The molecule has 1 aliphatic rings. The van der Waals surface area contributed by atoms with E-state index in [4.69, 9.17) is 5.73 Å². The summed E-state index contributed by atoms with van der Waals surface area (Å²) in [4.78, 5) is 1.99. The van der Waals surface area contributed by atoms with Gasteiger partial charge in [-0.25, -0.2) is 4.39 Å². The number of hydrogen-bond acceptors (Lipinski definition) is 2. The van der Waals surface area contributed by atoms with Crippen molar-refractivity contribution < 1.29 is 4.39 Å². The summed E-state index contributed by atoms with van der Waals surface area (Å²) in [6.45, 7) is 1.55. The van der Waals surface area contributed by atoms with E-state index in [1.54, 1.807) is 6.07 Å². The molecule has 1 aliphatic carbocycles. The number of nitrogens with two attached hydrogens (primary N) is 1. The molecule has 1 aromatic carbocycles. The predicted octanol–water partition coefficient (Wildman–Crippen LogP) is 2.39. The number of anilines is 1. The van der Waals surface area contributed by atoms with Crippen LogP contribution in [0.25, 0.3) is 0 Å². The predicted molar refractivity (Wildman–Crippen MR) is 65.0 cm³/mol. The summed E-state index contributed by atoms with van der Waals surface area (Å²) in [5.41, 5.74) is 6.70. The van der Waals surface area contributed by atoms with Gasteiger partial charge in [0, 0.05) is 19.0 Å². The Morgan fingerprint density at radius 2 is 2.06 bits per heavy atom. The van der Waals surface area contributed by atoms with Crippen molar-refractivity contribution >= 4 is 5.69 Å². The van der Waals surface area contributed by atoms with Crippen LogP contribution >= 0.6 is 0 Å². The van der Waals surface area contributed by atoms with Gasteiger partial charge in [-0.05, 0) is 31.5 Å². The van der Waals surface area contributed by atoms with E-state index < -0.39 is 0 Å². The van der Waals surface area contributed by atoms with Crippen LogP contribution in [0.15, 0.2) is 24.3 Å². The lowest BCUT2D eigenvalue weighted by Gasteiger charge is -2.44. The molecule has 88 valence electrons. The lowest BCUT2D eigenvalue weighted by atomic mass is 9.68. The number of hydrogen-bond donors (Lipinski definition) is 1. The average molecular weight is 222 g/mol. The Morgan fingerprint density at radius 3 is 2.56 bits per heavy atom. The van der Waals surface area contributed by atoms with Gasteiger partial charge in [0.25, 0.3) is 0 Å². The number of benzene rings is 1. The molecule has 0 spiro atoms. The van der Waals surface area contributed by atoms with Crippen LogP contribution in [0.1, 0.15) is 19.3 Å². The van der Waals surface area contributed by atoms with Crippen molar-refractivity contribution in [2.24, 2.45) is 11.1 Å². The summed E-state index contributed by atoms with van der Waals surface area (Å²) in [5, 5.41) is 0. The summed E-state index contributed by atoms with van der Waals surface area (Å²) in [6.07, 6.45) is 3.59. The monoisotopic (exact) mass is 222 g/mol. The molecule has 3 heteroatoms. The Balaban J connectivity index is 2.08. The Bertz CT molecular complexity index is 355. The second kappa shape index (κ2) is 4.42. The third-order valence-corrected chi connectivity index (χ3v) is 3.68. The maximum Gasteiger partial charge on any atom is 0.146 e. The number of para-hydroxylation sites is 1. The van der Waals surface area contributed by atoms with Gasteiger partial charge in [0.15, 0.2) is 0 Å². The van der Waals surface area contributed by atoms with Gasteiger partial charge in [-0.1, -0.05) is 18.6 Å². The smallest absolute Gasteiger partial charge is 0.146 e. The molecule has 0 bridgehead atoms. The summed E-state index contributed by atoms with van der Waals surface area (Å²) < 4.78 is 13.6. The maximum atomic E-state index is 13.6. The van der Waals surface area contributed by atoms with E-state index in [-0.39, 0.29) is 11.2 Å². The molecule has 0 unspecified atom stereocenters. The number of nitrogens with zero attached hydrogens (tertiary/aromatic N) is 1. The zero-order valence-corrected chi connectivity index (χ0v) is 9.75. The van der Waals surface area contributed by atoms with Crippen molar-refractivity contribution in [3.8, 4) is 0 Å². The topological polar surface area (TPSA) is 29.3 Å². The van der Waals surface area contributed by atoms with Crippen LogP contribution in [-0.4, -0.2) is 20.1 Å². The van der Waals surface area contributed by atoms with Gasteiger partial charge in [-0.3, -0.25) is 0 Å². The van der Waals surface area contributed by atoms with Crippen LogP contribution in [0.3, 0.4) is 0 Å². The van der Waals surface area contributed by atoms with E-state index in [0.29, 0.717) is 12.2 Å². The molecule has 1 fully saturated rings. The van der Waals surface area contributed by atoms with Crippen molar-refractivity contribution in [3.63, 3.8) is 0 Å². The molecule has 0 radical (unpaired) electrons. The van der Waals surface area contributed by atoms with Gasteiger partial charge in [0.2, 0.25) is 0 Å². The van der Waals surface area contributed by atoms with Crippen molar-refractivity contribution in [2.45, 2.75) is 19.3 Å². The second-order valence-corrected chi connectivity index (χ2v) is 4.87. The Morgan fingerprint density at radius 1 is 1.38 bits per heavy atom. The highest BCUT2D eigenvalue weighted by molar-refractivity contribution is 5.47. The van der Waals surface area contributed by atoms with Gasteiger partial charge in [0.1, 0.15) is 5.82 Å². The normalized spacial score (nSPS) is 17.9. The minimum atomic E-state index is -0.156. The molecule has 1 aromatic rings. The van der Waals surface area contributed by atoms with Crippen molar-refractivity contribution in [3.05, 3.63) is 30.1 Å². The fraction of sp³-hybridized carbons (Fsp3) is 0.538. The first-order valence-corrected chi connectivity index (χ1v) is 5.83. The molecule has 2 nitrogen and oxygen atoms in total. The van der Waals surface area contributed by atoms with Crippen molar-refractivity contribution in [1.82, 2.24) is 0 Å². The quantitative estimate of drug-likeness (QED) is 0.847. The van der Waals surface area contributed by atoms with Gasteiger partial charge >= 0.3 is 0 Å². The van der Waals surface area contributed by atoms with E-state index in [0.717, 1.165) is 6.54 Å². The minimum absolute atomic E-state index is 0.156. The molecule has 0 heterocycles. The molecule has 2 rings (SSSR count). The van der Waals surface area contributed by atoms with Crippen LogP contribution in [0.5, 0.6) is 0 Å². The maximum absolute atomic E-state index is 13.6. The summed E-state index contributed by atoms with van der Waals surface area (Å²) in [7, 11) is 1.94. The molecule has 0 atom stereocenters. The third-order valence-electron chi connectivity index (χ3n) is 3.68. The molecule has 0 saturated heterocycles. The molecule has 16 heavy (non-hydrogen) atoms. The third kappa shape index (κ3) is 2.05. The molecule has 0 aliphatic heterocycles. The van der Waals surface area contributed by atoms with Gasteiger partial charge in [0.05, 0.1) is 5.69 Å². The van der Waals surface area contributed by atoms with Crippen LogP contribution in [-0.2, 0) is 0 Å². The average Bonchev–Trinajstić information content (AvgIpc) is 2.24. The van der Waals surface area contributed by atoms with Gasteiger partial charge in [-0.2, -0.15) is 0 Å². The van der Waals surface area contributed by atoms with Crippen LogP contribution in [0.4, 0.5) is 10.1 Å². The minimum Gasteiger partial charge on any atom is -0.372 e. The second-order valence-electron chi connectivity index (χ2n) is 4.87. The molecule has 0 amide bonds. The summed E-state index contributed by atoms with van der Waals surface area (Å²) >= 11 is 0. The molecular weight excluding hydrogens is 203 g/mol. The van der Waals surface area contributed by atoms with Crippen molar-refractivity contribution in [2.75, 3.05) is 25.0 Å². The van der Waals surface area contributed by atoms with E-state index in [2.05, 4.69) is 0 Å². The zero-order valence-electron chi connectivity index (χ0n) is 9.75. The van der Waals surface area contributed by atoms with E-state index >= 15 is 0 Å². The highest BCUT2D eigenvalue weighted by Crippen LogP contribution is 2.41. The Kier molecular flexibility index (Phi) is 3.15. The number of rotatable bonds is 4. The SMILES string of the molecule is CN(CC1(CN)CCC1)c1ccccc1F.